The van der Waals surface area contributed by atoms with Gasteiger partial charge in [0.15, 0.2) is 0 Å². The molecule has 0 amide bonds. The molecule has 6 nitrogen and oxygen atoms in total. The number of hydrogen-bond donors (Lipinski definition) is 1. The molecule has 25 heavy (non-hydrogen) atoms. The summed E-state index contributed by atoms with van der Waals surface area (Å²) in [4.78, 5) is 9.27. The van der Waals surface area contributed by atoms with Gasteiger partial charge in [0.05, 0.1) is 9.82 Å². The number of aryl methyl sites for hydroxylation is 1. The van der Waals surface area contributed by atoms with Gasteiger partial charge in [-0.2, -0.15) is 4.39 Å². The molecule has 0 aliphatic rings. The average molecular weight is 374 g/mol. The van der Waals surface area contributed by atoms with E-state index in [2.05, 4.69) is 4.72 Å². The van der Waals surface area contributed by atoms with E-state index in [0.29, 0.717) is 12.1 Å². The highest BCUT2D eigenvalue weighted by molar-refractivity contribution is 7.89. The molecule has 2 aromatic rings. The van der Waals surface area contributed by atoms with Gasteiger partial charge in [0.25, 0.3) is 0 Å². The van der Waals surface area contributed by atoms with Crippen molar-refractivity contribution in [3.05, 3.63) is 69.0 Å². The molecule has 0 radical (unpaired) electrons. The van der Waals surface area contributed by atoms with Gasteiger partial charge in [0.1, 0.15) is 11.6 Å². The molecule has 1 unspecified atom stereocenters. The van der Waals surface area contributed by atoms with Crippen LogP contribution in [0.25, 0.3) is 0 Å². The van der Waals surface area contributed by atoms with Gasteiger partial charge in [-0.3, -0.25) is 10.1 Å². The van der Waals surface area contributed by atoms with Gasteiger partial charge in [-0.1, -0.05) is 6.07 Å². The molecule has 0 aliphatic heterocycles. The van der Waals surface area contributed by atoms with E-state index in [1.165, 1.54) is 13.8 Å². The smallest absolute Gasteiger partial charge is 0.258 e. The van der Waals surface area contributed by atoms with Gasteiger partial charge in [-0.05, 0) is 31.5 Å². The molecule has 1 N–H and O–H groups in total. The monoisotopic (exact) mass is 374 g/mol. The van der Waals surface area contributed by atoms with Crippen molar-refractivity contribution in [3.63, 3.8) is 0 Å². The maximum Gasteiger partial charge on any atom is 0.306 e. The highest BCUT2D eigenvalue weighted by Crippen LogP contribution is 2.26. The minimum absolute atomic E-state index is 0.113. The zero-order valence-corrected chi connectivity index (χ0v) is 13.9. The summed E-state index contributed by atoms with van der Waals surface area (Å²) in [5.41, 5.74) is -1.32. The Morgan fingerprint density at radius 3 is 2.36 bits per heavy atom. The third-order valence-corrected chi connectivity index (χ3v) is 5.00. The van der Waals surface area contributed by atoms with Crippen molar-refractivity contribution in [2.75, 3.05) is 0 Å². The van der Waals surface area contributed by atoms with Crippen LogP contribution in [0.4, 0.5) is 18.9 Å². The zero-order chi connectivity index (χ0) is 18.9. The number of sulfonamides is 1. The van der Waals surface area contributed by atoms with E-state index in [1.807, 2.05) is 0 Å². The van der Waals surface area contributed by atoms with Gasteiger partial charge < -0.3 is 0 Å². The molecular formula is C15H13F3N2O4S. The number of nitro groups is 1. The number of nitro benzene ring substituents is 1. The number of hydrogen-bond acceptors (Lipinski definition) is 4. The SMILES string of the molecule is Cc1cc(S(=O)(=O)NC(C)c2ccc(F)cc2F)cc([N+](=O)[O-])c1F. The molecular weight excluding hydrogens is 361 g/mol. The Kier molecular flexibility index (Phi) is 5.14. The van der Waals surface area contributed by atoms with E-state index in [4.69, 9.17) is 0 Å². The highest BCUT2D eigenvalue weighted by Gasteiger charge is 2.26. The molecule has 0 saturated carbocycles. The summed E-state index contributed by atoms with van der Waals surface area (Å²) in [6.07, 6.45) is 0. The lowest BCUT2D eigenvalue weighted by Gasteiger charge is -2.16. The van der Waals surface area contributed by atoms with Crippen LogP contribution in [0.1, 0.15) is 24.1 Å². The Labute approximate surface area is 141 Å². The standard InChI is InChI=1S/C15H13F3N2O4S/c1-8-5-11(7-14(15(8)18)20(21)22)25(23,24)19-9(2)12-4-3-10(16)6-13(12)17/h3-7,9,19H,1-2H3. The summed E-state index contributed by atoms with van der Waals surface area (Å²) in [6, 6.07) is 3.07. The molecule has 0 saturated heterocycles. The van der Waals surface area contributed by atoms with E-state index < -0.39 is 49.0 Å². The Balaban J connectivity index is 2.41. The van der Waals surface area contributed by atoms with Crippen LogP contribution in [-0.4, -0.2) is 13.3 Å². The second kappa shape index (κ2) is 6.81. The normalized spacial score (nSPS) is 12.8. The first-order valence-corrected chi connectivity index (χ1v) is 8.43. The molecule has 2 rings (SSSR count). The summed E-state index contributed by atoms with van der Waals surface area (Å²) in [5, 5.41) is 10.8. The fourth-order valence-electron chi connectivity index (χ4n) is 2.22. The Morgan fingerprint density at radius 1 is 1.16 bits per heavy atom. The predicted molar refractivity (Wildman–Crippen MR) is 82.9 cm³/mol. The zero-order valence-electron chi connectivity index (χ0n) is 13.1. The summed E-state index contributed by atoms with van der Waals surface area (Å²) in [6.45, 7) is 2.50. The predicted octanol–water partition coefficient (Wildman–Crippen LogP) is 3.36. The molecule has 0 aromatic heterocycles. The van der Waals surface area contributed by atoms with Gasteiger partial charge in [-0.25, -0.2) is 21.9 Å². The van der Waals surface area contributed by atoms with Gasteiger partial charge in [-0.15, -0.1) is 0 Å². The van der Waals surface area contributed by atoms with E-state index in [-0.39, 0.29) is 11.1 Å². The first-order chi connectivity index (χ1) is 11.5. The Hall–Kier alpha value is -2.46. The molecule has 0 bridgehead atoms. The van der Waals surface area contributed by atoms with Crippen molar-refractivity contribution >= 4 is 15.7 Å². The number of nitrogens with one attached hydrogen (secondary N) is 1. The van der Waals surface area contributed by atoms with Gasteiger partial charge >= 0.3 is 5.69 Å². The molecule has 2 aromatic carbocycles. The maximum atomic E-state index is 13.8. The first kappa shape index (κ1) is 18.9. The molecule has 0 fully saturated rings. The van der Waals surface area contributed by atoms with Crippen molar-refractivity contribution in [3.8, 4) is 0 Å². The fraction of sp³-hybridized carbons (Fsp3) is 0.200. The van der Waals surface area contributed by atoms with E-state index in [9.17, 15) is 31.7 Å². The third-order valence-electron chi connectivity index (χ3n) is 3.48. The van der Waals surface area contributed by atoms with Crippen molar-refractivity contribution in [1.29, 1.82) is 0 Å². The quantitative estimate of drug-likeness (QED) is 0.642. The van der Waals surface area contributed by atoms with Crippen LogP contribution in [0.5, 0.6) is 0 Å². The Morgan fingerprint density at radius 2 is 1.80 bits per heavy atom. The summed E-state index contributed by atoms with van der Waals surface area (Å²) in [7, 11) is -4.31. The summed E-state index contributed by atoms with van der Waals surface area (Å²) >= 11 is 0. The minimum Gasteiger partial charge on any atom is -0.258 e. The third kappa shape index (κ3) is 3.97. The number of halogens is 3. The summed E-state index contributed by atoms with van der Waals surface area (Å²) in [5.74, 6) is -2.90. The van der Waals surface area contributed by atoms with Crippen LogP contribution >= 0.6 is 0 Å². The first-order valence-electron chi connectivity index (χ1n) is 6.94. The average Bonchev–Trinajstić information content (AvgIpc) is 2.48. The topological polar surface area (TPSA) is 89.3 Å². The van der Waals surface area contributed by atoms with Crippen LogP contribution in [0.15, 0.2) is 35.2 Å². The van der Waals surface area contributed by atoms with Crippen molar-refractivity contribution < 1.29 is 26.5 Å². The van der Waals surface area contributed by atoms with Crippen LogP contribution in [0.2, 0.25) is 0 Å². The lowest BCUT2D eigenvalue weighted by molar-refractivity contribution is -0.387. The van der Waals surface area contributed by atoms with E-state index in [0.717, 1.165) is 18.2 Å². The number of benzene rings is 2. The van der Waals surface area contributed by atoms with Gasteiger partial charge in [0, 0.05) is 23.7 Å². The summed E-state index contributed by atoms with van der Waals surface area (Å²) < 4.78 is 67.3. The lowest BCUT2D eigenvalue weighted by Crippen LogP contribution is -2.27. The second-order valence-electron chi connectivity index (χ2n) is 5.34. The molecule has 0 spiro atoms. The molecule has 0 aliphatic carbocycles. The van der Waals surface area contributed by atoms with E-state index in [1.54, 1.807) is 0 Å². The fourth-order valence-corrected chi connectivity index (χ4v) is 3.55. The largest absolute Gasteiger partial charge is 0.306 e. The van der Waals surface area contributed by atoms with Crippen LogP contribution in [0.3, 0.4) is 0 Å². The molecule has 134 valence electrons. The van der Waals surface area contributed by atoms with E-state index >= 15 is 0 Å². The highest BCUT2D eigenvalue weighted by atomic mass is 32.2. The van der Waals surface area contributed by atoms with Crippen LogP contribution in [0, 0.1) is 34.5 Å². The van der Waals surface area contributed by atoms with Gasteiger partial charge in [0.2, 0.25) is 15.8 Å². The number of nitrogens with zero attached hydrogens (tertiary/aromatic N) is 1. The number of rotatable bonds is 5. The van der Waals surface area contributed by atoms with Crippen molar-refractivity contribution in [1.82, 2.24) is 4.72 Å². The van der Waals surface area contributed by atoms with Crippen LogP contribution < -0.4 is 4.72 Å². The lowest BCUT2D eigenvalue weighted by atomic mass is 10.1. The van der Waals surface area contributed by atoms with Crippen molar-refractivity contribution in [2.45, 2.75) is 24.8 Å². The van der Waals surface area contributed by atoms with Crippen molar-refractivity contribution in [2.24, 2.45) is 0 Å². The maximum absolute atomic E-state index is 13.8. The minimum atomic E-state index is -4.31. The molecule has 1 atom stereocenters. The Bertz CT molecular complexity index is 948. The molecule has 0 heterocycles. The second-order valence-corrected chi connectivity index (χ2v) is 7.05. The van der Waals surface area contributed by atoms with Crippen LogP contribution in [-0.2, 0) is 10.0 Å². The molecule has 10 heteroatoms.